The van der Waals surface area contributed by atoms with Crippen LogP contribution < -0.4 is 0 Å². The Morgan fingerprint density at radius 3 is 2.67 bits per heavy atom. The summed E-state index contributed by atoms with van der Waals surface area (Å²) in [6, 6.07) is 0. The van der Waals surface area contributed by atoms with Gasteiger partial charge in [0.25, 0.3) is 0 Å². The number of carbonyl (C=O) groups is 1. The molecule has 0 aromatic carbocycles. The fourth-order valence-corrected chi connectivity index (χ4v) is 1.97. The van der Waals surface area contributed by atoms with Crippen molar-refractivity contribution in [1.82, 2.24) is 0 Å². The average Bonchev–Trinajstić information content (AvgIpc) is 2.48. The Labute approximate surface area is 91.4 Å². The molecule has 1 aliphatic rings. The lowest BCUT2D eigenvalue weighted by Gasteiger charge is -2.29. The monoisotopic (exact) mass is 212 g/mol. The first-order chi connectivity index (χ1) is 6.99. The van der Waals surface area contributed by atoms with Crippen molar-refractivity contribution >= 4 is 5.97 Å². The number of ether oxygens (including phenoxy) is 2. The largest absolute Gasteiger partial charge is 0.430 e. The van der Waals surface area contributed by atoms with E-state index in [9.17, 15) is 4.79 Å². The van der Waals surface area contributed by atoms with E-state index in [4.69, 9.17) is 9.47 Å². The van der Waals surface area contributed by atoms with Crippen LogP contribution in [0.2, 0.25) is 0 Å². The number of rotatable bonds is 4. The molecule has 0 N–H and O–H groups in total. The highest BCUT2D eigenvalue weighted by Crippen LogP contribution is 2.38. The van der Waals surface area contributed by atoms with Crippen molar-refractivity contribution in [1.29, 1.82) is 0 Å². The molecule has 0 saturated heterocycles. The lowest BCUT2D eigenvalue weighted by atomic mass is 10.1. The van der Waals surface area contributed by atoms with E-state index in [0.29, 0.717) is 18.1 Å². The Morgan fingerprint density at radius 2 is 2.27 bits per heavy atom. The van der Waals surface area contributed by atoms with Crippen molar-refractivity contribution < 1.29 is 14.3 Å². The normalized spacial score (nSPS) is 30.2. The molecular weight excluding hydrogens is 192 g/mol. The van der Waals surface area contributed by atoms with E-state index in [2.05, 4.69) is 13.5 Å². The van der Waals surface area contributed by atoms with Crippen LogP contribution >= 0.6 is 0 Å². The van der Waals surface area contributed by atoms with Crippen molar-refractivity contribution in [3.63, 3.8) is 0 Å². The molecule has 15 heavy (non-hydrogen) atoms. The Kier molecular flexibility index (Phi) is 3.91. The molecule has 1 fully saturated rings. The Morgan fingerprint density at radius 1 is 1.60 bits per heavy atom. The summed E-state index contributed by atoms with van der Waals surface area (Å²) in [6.07, 6.45) is 2.63. The van der Waals surface area contributed by atoms with Gasteiger partial charge in [-0.25, -0.2) is 4.79 Å². The predicted molar refractivity (Wildman–Crippen MR) is 58.3 cm³/mol. The van der Waals surface area contributed by atoms with E-state index in [-0.39, 0.29) is 5.97 Å². The fourth-order valence-electron chi connectivity index (χ4n) is 1.97. The van der Waals surface area contributed by atoms with Crippen LogP contribution in [0.4, 0.5) is 0 Å². The van der Waals surface area contributed by atoms with Gasteiger partial charge in [-0.15, -0.1) is 0 Å². The molecule has 86 valence electrons. The average molecular weight is 212 g/mol. The summed E-state index contributed by atoms with van der Waals surface area (Å²) in [4.78, 5) is 11.5. The maximum absolute atomic E-state index is 11.5. The van der Waals surface area contributed by atoms with Crippen LogP contribution in [0.15, 0.2) is 12.2 Å². The first-order valence-corrected chi connectivity index (χ1v) is 5.52. The highest BCUT2D eigenvalue weighted by atomic mass is 16.7. The fraction of sp³-hybridized carbons (Fsp3) is 0.750. The van der Waals surface area contributed by atoms with E-state index in [1.807, 2.05) is 6.92 Å². The van der Waals surface area contributed by atoms with E-state index in [1.165, 1.54) is 0 Å². The van der Waals surface area contributed by atoms with Crippen molar-refractivity contribution in [2.45, 2.75) is 45.8 Å². The zero-order valence-electron chi connectivity index (χ0n) is 9.84. The Hall–Kier alpha value is -0.830. The maximum atomic E-state index is 11.5. The summed E-state index contributed by atoms with van der Waals surface area (Å²) in [6.45, 7) is 9.86. The molecule has 1 rings (SSSR count). The van der Waals surface area contributed by atoms with Gasteiger partial charge in [-0.3, -0.25) is 0 Å². The molecule has 2 atom stereocenters. The zero-order valence-corrected chi connectivity index (χ0v) is 9.84. The molecule has 0 radical (unpaired) electrons. The minimum atomic E-state index is -0.690. The van der Waals surface area contributed by atoms with E-state index >= 15 is 0 Å². The molecule has 3 nitrogen and oxygen atoms in total. The number of hydrogen-bond donors (Lipinski definition) is 0. The van der Waals surface area contributed by atoms with Gasteiger partial charge in [0.05, 0.1) is 0 Å². The molecule has 0 aromatic rings. The third-order valence-corrected chi connectivity index (χ3v) is 2.71. The van der Waals surface area contributed by atoms with Crippen molar-refractivity contribution in [2.75, 3.05) is 6.61 Å². The summed E-state index contributed by atoms with van der Waals surface area (Å²) in [5.74, 6) is -0.489. The van der Waals surface area contributed by atoms with Gasteiger partial charge < -0.3 is 9.47 Å². The summed E-state index contributed by atoms with van der Waals surface area (Å²) in [5, 5.41) is 0. The highest BCUT2D eigenvalue weighted by Gasteiger charge is 2.41. The smallest absolute Gasteiger partial charge is 0.335 e. The summed E-state index contributed by atoms with van der Waals surface area (Å²) >= 11 is 0. The van der Waals surface area contributed by atoms with Gasteiger partial charge in [-0.1, -0.05) is 13.5 Å². The Balaban J connectivity index is 2.66. The van der Waals surface area contributed by atoms with Gasteiger partial charge in [0.1, 0.15) is 0 Å². The molecule has 0 spiro atoms. The molecule has 0 bridgehead atoms. The molecule has 1 aliphatic carbocycles. The first-order valence-electron chi connectivity index (χ1n) is 5.52. The molecular formula is C12H20O3. The van der Waals surface area contributed by atoms with Crippen LogP contribution in [0.3, 0.4) is 0 Å². The van der Waals surface area contributed by atoms with Crippen molar-refractivity contribution in [3.05, 3.63) is 12.2 Å². The van der Waals surface area contributed by atoms with Crippen LogP contribution in [0.1, 0.15) is 40.0 Å². The maximum Gasteiger partial charge on any atom is 0.335 e. The minimum absolute atomic E-state index is 0.349. The number of hydrogen-bond acceptors (Lipinski definition) is 3. The topological polar surface area (TPSA) is 35.5 Å². The molecule has 0 aromatic heterocycles. The summed E-state index contributed by atoms with van der Waals surface area (Å²) in [7, 11) is 0. The molecule has 0 heterocycles. The first kappa shape index (κ1) is 12.2. The minimum Gasteiger partial charge on any atom is -0.430 e. The molecule has 3 heteroatoms. The zero-order chi connectivity index (χ0) is 11.5. The van der Waals surface area contributed by atoms with Gasteiger partial charge >= 0.3 is 5.97 Å². The highest BCUT2D eigenvalue weighted by molar-refractivity contribution is 5.87. The summed E-state index contributed by atoms with van der Waals surface area (Å²) in [5.41, 5.74) is 0.425. The summed E-state index contributed by atoms with van der Waals surface area (Å²) < 4.78 is 11.0. The molecule has 0 aliphatic heterocycles. The van der Waals surface area contributed by atoms with E-state index in [0.717, 1.165) is 19.3 Å². The van der Waals surface area contributed by atoms with Gasteiger partial charge in [0.2, 0.25) is 5.79 Å². The van der Waals surface area contributed by atoms with Crippen molar-refractivity contribution in [3.8, 4) is 0 Å². The molecule has 2 unspecified atom stereocenters. The van der Waals surface area contributed by atoms with E-state index < -0.39 is 5.79 Å². The van der Waals surface area contributed by atoms with Gasteiger partial charge in [-0.05, 0) is 26.2 Å². The molecule has 0 amide bonds. The van der Waals surface area contributed by atoms with Crippen LogP contribution in [-0.2, 0) is 14.3 Å². The van der Waals surface area contributed by atoms with Crippen molar-refractivity contribution in [2.24, 2.45) is 5.92 Å². The van der Waals surface area contributed by atoms with Gasteiger partial charge in [0.15, 0.2) is 0 Å². The van der Waals surface area contributed by atoms with Crippen LogP contribution in [-0.4, -0.2) is 18.4 Å². The lowest BCUT2D eigenvalue weighted by molar-refractivity contribution is -0.225. The van der Waals surface area contributed by atoms with Gasteiger partial charge in [-0.2, -0.15) is 0 Å². The SMILES string of the molecule is C=C(C)C(=O)OC1(OCC)CCC(C)C1. The van der Waals surface area contributed by atoms with Crippen LogP contribution in [0.25, 0.3) is 0 Å². The van der Waals surface area contributed by atoms with Gasteiger partial charge in [0, 0.05) is 25.0 Å². The number of carbonyl (C=O) groups excluding carboxylic acids is 1. The number of esters is 1. The second-order valence-corrected chi connectivity index (χ2v) is 4.36. The quantitative estimate of drug-likeness (QED) is 0.408. The Bertz CT molecular complexity index is 256. The third kappa shape index (κ3) is 3.06. The standard InChI is InChI=1S/C12H20O3/c1-5-14-12(7-6-10(4)8-12)15-11(13)9(2)3/h10H,2,5-8H2,1,3-4H3. The molecule has 1 saturated carbocycles. The second kappa shape index (κ2) is 4.79. The predicted octanol–water partition coefficient (Wildman–Crippen LogP) is 2.66. The second-order valence-electron chi connectivity index (χ2n) is 4.36. The van der Waals surface area contributed by atoms with E-state index in [1.54, 1.807) is 6.92 Å². The lowest BCUT2D eigenvalue weighted by Crippen LogP contribution is -2.35. The third-order valence-electron chi connectivity index (χ3n) is 2.71. The van der Waals surface area contributed by atoms with Crippen LogP contribution in [0.5, 0.6) is 0 Å². The van der Waals surface area contributed by atoms with Crippen LogP contribution in [0, 0.1) is 5.92 Å².